The molecule has 1 atom stereocenters. The first-order valence-corrected chi connectivity index (χ1v) is 8.32. The van der Waals surface area contributed by atoms with Crippen LogP contribution < -0.4 is 5.32 Å². The molecule has 120 valence electrons. The molecule has 2 aliphatic rings. The fourth-order valence-corrected chi connectivity index (χ4v) is 3.08. The van der Waals surface area contributed by atoms with Crippen molar-refractivity contribution in [2.45, 2.75) is 38.8 Å². The average molecular weight is 310 g/mol. The molecule has 1 aromatic heterocycles. The number of rotatable bonds is 6. The third-order valence-corrected chi connectivity index (χ3v) is 4.52. The zero-order valence-electron chi connectivity index (χ0n) is 13.4. The summed E-state index contributed by atoms with van der Waals surface area (Å²) in [4.78, 5) is 5.52. The van der Waals surface area contributed by atoms with Crippen LogP contribution in [0.3, 0.4) is 0 Å². The fourth-order valence-electron chi connectivity index (χ4n) is 3.08. The molecule has 0 saturated heterocycles. The molecule has 2 heterocycles. The molecule has 1 unspecified atom stereocenters. The van der Waals surface area contributed by atoms with Gasteiger partial charge in [0.1, 0.15) is 6.10 Å². The van der Waals surface area contributed by atoms with Crippen LogP contribution in [-0.2, 0) is 11.4 Å². The van der Waals surface area contributed by atoms with Crippen LogP contribution in [0, 0.1) is 12.8 Å². The standard InChI is InChI=1S/C18H22N4O/c1-12-3-2-4-14(7-12)18-15(10-20-21-18)9-19-11-16-8-17(22-23-16)13-5-6-13/h2-4,7,10,13,16,19H,5-6,8-9,11H2,1H3,(H,20,21). The minimum atomic E-state index is 0.180. The van der Waals surface area contributed by atoms with Gasteiger partial charge >= 0.3 is 0 Å². The quantitative estimate of drug-likeness (QED) is 0.862. The monoisotopic (exact) mass is 310 g/mol. The van der Waals surface area contributed by atoms with Crippen molar-refractivity contribution in [3.8, 4) is 11.3 Å². The zero-order chi connectivity index (χ0) is 15.6. The lowest BCUT2D eigenvalue weighted by molar-refractivity contribution is 0.0848. The molecule has 1 fully saturated rings. The Hall–Kier alpha value is -2.14. The number of H-pyrrole nitrogens is 1. The molecule has 1 saturated carbocycles. The van der Waals surface area contributed by atoms with Crippen LogP contribution in [-0.4, -0.2) is 28.6 Å². The molecular weight excluding hydrogens is 288 g/mol. The summed E-state index contributed by atoms with van der Waals surface area (Å²) < 4.78 is 0. The number of benzene rings is 1. The zero-order valence-corrected chi connectivity index (χ0v) is 13.4. The van der Waals surface area contributed by atoms with Crippen LogP contribution in [0.25, 0.3) is 11.3 Å². The van der Waals surface area contributed by atoms with Crippen molar-refractivity contribution in [1.29, 1.82) is 0 Å². The first-order chi connectivity index (χ1) is 11.3. The Balaban J connectivity index is 1.33. The van der Waals surface area contributed by atoms with Gasteiger partial charge in [-0.15, -0.1) is 0 Å². The van der Waals surface area contributed by atoms with Gasteiger partial charge in [0.15, 0.2) is 0 Å². The van der Waals surface area contributed by atoms with E-state index in [1.807, 2.05) is 6.20 Å². The van der Waals surface area contributed by atoms with Gasteiger partial charge in [-0.1, -0.05) is 28.9 Å². The van der Waals surface area contributed by atoms with Gasteiger partial charge in [0, 0.05) is 36.6 Å². The molecule has 0 amide bonds. The second kappa shape index (κ2) is 6.16. The molecule has 2 aromatic rings. The maximum atomic E-state index is 5.52. The first kappa shape index (κ1) is 14.5. The van der Waals surface area contributed by atoms with E-state index in [2.05, 4.69) is 51.9 Å². The Bertz CT molecular complexity index is 717. The first-order valence-electron chi connectivity index (χ1n) is 8.32. The normalized spacial score (nSPS) is 20.4. The summed E-state index contributed by atoms with van der Waals surface area (Å²) in [6, 6.07) is 8.46. The SMILES string of the molecule is Cc1cccc(-c2[nH]ncc2CNCC2CC(C3CC3)=NO2)c1. The highest BCUT2D eigenvalue weighted by Crippen LogP contribution is 2.34. The smallest absolute Gasteiger partial charge is 0.145 e. The molecule has 1 aliphatic heterocycles. The third-order valence-electron chi connectivity index (χ3n) is 4.52. The van der Waals surface area contributed by atoms with Crippen LogP contribution >= 0.6 is 0 Å². The molecule has 23 heavy (non-hydrogen) atoms. The highest BCUT2D eigenvalue weighted by atomic mass is 16.6. The van der Waals surface area contributed by atoms with Gasteiger partial charge < -0.3 is 10.2 Å². The second-order valence-corrected chi connectivity index (χ2v) is 6.56. The molecule has 2 N–H and O–H groups in total. The van der Waals surface area contributed by atoms with Crippen LogP contribution in [0.5, 0.6) is 0 Å². The van der Waals surface area contributed by atoms with Crippen molar-refractivity contribution in [3.05, 3.63) is 41.6 Å². The lowest BCUT2D eigenvalue weighted by Crippen LogP contribution is -2.26. The van der Waals surface area contributed by atoms with E-state index in [0.29, 0.717) is 5.92 Å². The highest BCUT2D eigenvalue weighted by molar-refractivity contribution is 5.89. The summed E-state index contributed by atoms with van der Waals surface area (Å²) in [5.74, 6) is 0.710. The number of aromatic nitrogens is 2. The third kappa shape index (κ3) is 3.29. The predicted octanol–water partition coefficient (Wildman–Crippen LogP) is 3.03. The van der Waals surface area contributed by atoms with E-state index in [4.69, 9.17) is 4.84 Å². The summed E-state index contributed by atoms with van der Waals surface area (Å²) in [5, 5.41) is 15.0. The number of nitrogens with one attached hydrogen (secondary N) is 2. The minimum absolute atomic E-state index is 0.180. The van der Waals surface area contributed by atoms with Gasteiger partial charge in [-0.2, -0.15) is 5.10 Å². The molecule has 1 aliphatic carbocycles. The number of aromatic amines is 1. The summed E-state index contributed by atoms with van der Waals surface area (Å²) >= 11 is 0. The van der Waals surface area contributed by atoms with Crippen LogP contribution in [0.15, 0.2) is 35.6 Å². The predicted molar refractivity (Wildman–Crippen MR) is 90.1 cm³/mol. The van der Waals surface area contributed by atoms with E-state index in [0.717, 1.165) is 25.2 Å². The fraction of sp³-hybridized carbons (Fsp3) is 0.444. The van der Waals surface area contributed by atoms with E-state index in [-0.39, 0.29) is 6.10 Å². The second-order valence-electron chi connectivity index (χ2n) is 6.56. The molecule has 5 nitrogen and oxygen atoms in total. The van der Waals surface area contributed by atoms with E-state index in [1.165, 1.54) is 35.2 Å². The Labute approximate surface area is 136 Å². The Morgan fingerprint density at radius 2 is 2.26 bits per heavy atom. The van der Waals surface area contributed by atoms with Crippen molar-refractivity contribution in [3.63, 3.8) is 0 Å². The van der Waals surface area contributed by atoms with Crippen molar-refractivity contribution in [2.24, 2.45) is 11.1 Å². The van der Waals surface area contributed by atoms with Gasteiger partial charge in [-0.05, 0) is 25.8 Å². The Morgan fingerprint density at radius 1 is 1.35 bits per heavy atom. The topological polar surface area (TPSA) is 62.3 Å². The van der Waals surface area contributed by atoms with Crippen molar-refractivity contribution in [1.82, 2.24) is 15.5 Å². The van der Waals surface area contributed by atoms with Gasteiger partial charge in [-0.25, -0.2) is 0 Å². The number of hydrogen-bond acceptors (Lipinski definition) is 4. The van der Waals surface area contributed by atoms with Gasteiger partial charge in [0.2, 0.25) is 0 Å². The number of hydrogen-bond donors (Lipinski definition) is 2. The molecule has 4 rings (SSSR count). The van der Waals surface area contributed by atoms with E-state index < -0.39 is 0 Å². The Morgan fingerprint density at radius 3 is 3.09 bits per heavy atom. The maximum absolute atomic E-state index is 5.52. The van der Waals surface area contributed by atoms with Gasteiger partial charge in [-0.3, -0.25) is 5.10 Å². The van der Waals surface area contributed by atoms with Crippen LogP contribution in [0.2, 0.25) is 0 Å². The van der Waals surface area contributed by atoms with Crippen molar-refractivity contribution < 1.29 is 4.84 Å². The lowest BCUT2D eigenvalue weighted by Gasteiger charge is -2.10. The molecule has 0 spiro atoms. The summed E-state index contributed by atoms with van der Waals surface area (Å²) in [6.45, 7) is 3.70. The molecule has 5 heteroatoms. The Kier molecular flexibility index (Phi) is 3.87. The summed E-state index contributed by atoms with van der Waals surface area (Å²) in [5.41, 5.74) is 5.96. The molecule has 1 aromatic carbocycles. The minimum Gasteiger partial charge on any atom is -0.391 e. The molecular formula is C18H22N4O. The number of nitrogens with zero attached hydrogens (tertiary/aromatic N) is 2. The van der Waals surface area contributed by atoms with Gasteiger partial charge in [0.25, 0.3) is 0 Å². The largest absolute Gasteiger partial charge is 0.391 e. The van der Waals surface area contributed by atoms with Gasteiger partial charge in [0.05, 0.1) is 17.6 Å². The number of oxime groups is 1. The van der Waals surface area contributed by atoms with Crippen LogP contribution in [0.1, 0.15) is 30.4 Å². The number of aryl methyl sites for hydroxylation is 1. The van der Waals surface area contributed by atoms with Crippen molar-refractivity contribution in [2.75, 3.05) is 6.54 Å². The van der Waals surface area contributed by atoms with E-state index in [1.54, 1.807) is 0 Å². The summed E-state index contributed by atoms with van der Waals surface area (Å²) in [6.07, 6.45) is 5.63. The van der Waals surface area contributed by atoms with E-state index >= 15 is 0 Å². The molecule has 0 bridgehead atoms. The highest BCUT2D eigenvalue weighted by Gasteiger charge is 2.33. The van der Waals surface area contributed by atoms with E-state index in [9.17, 15) is 0 Å². The summed E-state index contributed by atoms with van der Waals surface area (Å²) in [7, 11) is 0. The lowest BCUT2D eigenvalue weighted by atomic mass is 10.1. The van der Waals surface area contributed by atoms with Crippen molar-refractivity contribution >= 4 is 5.71 Å². The molecule has 0 radical (unpaired) electrons. The maximum Gasteiger partial charge on any atom is 0.145 e. The average Bonchev–Trinajstić information content (AvgIpc) is 3.11. The van der Waals surface area contributed by atoms with Crippen LogP contribution in [0.4, 0.5) is 0 Å².